The van der Waals surface area contributed by atoms with Gasteiger partial charge in [0.25, 0.3) is 5.91 Å². The van der Waals surface area contributed by atoms with Gasteiger partial charge in [0.2, 0.25) is 6.79 Å². The van der Waals surface area contributed by atoms with E-state index in [0.29, 0.717) is 22.3 Å². The molecule has 0 aromatic heterocycles. The van der Waals surface area contributed by atoms with Crippen LogP contribution in [0.1, 0.15) is 18.5 Å². The quantitative estimate of drug-likeness (QED) is 0.804. The minimum Gasteiger partial charge on any atom is -0.482 e. The minimum absolute atomic E-state index is 0.115. The predicted octanol–water partition coefficient (Wildman–Crippen LogP) is 4.09. The van der Waals surface area contributed by atoms with Gasteiger partial charge < -0.3 is 19.5 Å². The molecule has 1 amide bonds. The monoisotopic (exact) mass is 411 g/mol. The van der Waals surface area contributed by atoms with E-state index in [2.05, 4.69) is 21.2 Å². The molecule has 0 saturated carbocycles. The van der Waals surface area contributed by atoms with Crippen molar-refractivity contribution in [3.8, 4) is 17.2 Å². The smallest absolute Gasteiger partial charge is 0.258 e. The zero-order valence-corrected chi connectivity index (χ0v) is 15.2. The van der Waals surface area contributed by atoms with Crippen molar-refractivity contribution < 1.29 is 19.0 Å². The van der Waals surface area contributed by atoms with Gasteiger partial charge >= 0.3 is 0 Å². The number of carbonyl (C=O) groups excluding carboxylic acids is 1. The number of rotatable bonds is 5. The molecular weight excluding hydrogens is 398 g/mol. The average molecular weight is 413 g/mol. The third kappa shape index (κ3) is 3.94. The van der Waals surface area contributed by atoms with Gasteiger partial charge in [0, 0.05) is 4.47 Å². The summed E-state index contributed by atoms with van der Waals surface area (Å²) in [7, 11) is 0. The van der Waals surface area contributed by atoms with Crippen LogP contribution in [0.2, 0.25) is 5.02 Å². The molecule has 0 aliphatic carbocycles. The molecule has 1 N–H and O–H groups in total. The highest BCUT2D eigenvalue weighted by molar-refractivity contribution is 9.10. The molecule has 126 valence electrons. The average Bonchev–Trinajstić information content (AvgIpc) is 3.01. The minimum atomic E-state index is -0.237. The number of hydrogen-bond acceptors (Lipinski definition) is 4. The number of ether oxygens (including phenoxy) is 3. The Balaban J connectivity index is 1.56. The summed E-state index contributed by atoms with van der Waals surface area (Å²) in [4.78, 5) is 12.1. The standard InChI is InChI=1S/C17H15BrClNO4/c1-10(11-2-4-15-16(6-11)24-9-23-15)20-17(21)8-22-14-5-3-12(18)7-13(14)19/h2-7,10H,8-9H2,1H3,(H,20,21)/t10-/m1/s1. The lowest BCUT2D eigenvalue weighted by molar-refractivity contribution is -0.123. The molecule has 1 aliphatic rings. The van der Waals surface area contributed by atoms with Crippen molar-refractivity contribution >= 4 is 33.4 Å². The van der Waals surface area contributed by atoms with Crippen LogP contribution in [0, 0.1) is 0 Å². The Kier molecular flexibility index (Phi) is 5.16. The Morgan fingerprint density at radius 1 is 1.29 bits per heavy atom. The normalized spacial score (nSPS) is 13.5. The zero-order chi connectivity index (χ0) is 17.1. The first-order chi connectivity index (χ1) is 11.5. The molecule has 3 rings (SSSR count). The molecule has 0 spiro atoms. The lowest BCUT2D eigenvalue weighted by atomic mass is 10.1. The van der Waals surface area contributed by atoms with Crippen molar-refractivity contribution in [3.63, 3.8) is 0 Å². The van der Waals surface area contributed by atoms with Gasteiger partial charge in [0.05, 0.1) is 11.1 Å². The van der Waals surface area contributed by atoms with Crippen LogP contribution in [0.5, 0.6) is 17.2 Å². The van der Waals surface area contributed by atoms with Crippen molar-refractivity contribution in [1.82, 2.24) is 5.32 Å². The molecule has 0 fully saturated rings. The second-order valence-corrected chi connectivity index (χ2v) is 6.59. The first kappa shape index (κ1) is 16.9. The number of carbonyl (C=O) groups is 1. The molecule has 1 aliphatic heterocycles. The van der Waals surface area contributed by atoms with Crippen LogP contribution in [-0.2, 0) is 4.79 Å². The number of halogens is 2. The van der Waals surface area contributed by atoms with E-state index in [1.807, 2.05) is 25.1 Å². The van der Waals surface area contributed by atoms with Crippen molar-refractivity contribution in [3.05, 3.63) is 51.5 Å². The fourth-order valence-corrected chi connectivity index (χ4v) is 3.01. The highest BCUT2D eigenvalue weighted by atomic mass is 79.9. The molecule has 5 nitrogen and oxygen atoms in total. The van der Waals surface area contributed by atoms with E-state index in [9.17, 15) is 4.79 Å². The van der Waals surface area contributed by atoms with Gasteiger partial charge in [-0.1, -0.05) is 33.6 Å². The predicted molar refractivity (Wildman–Crippen MR) is 93.8 cm³/mol. The largest absolute Gasteiger partial charge is 0.482 e. The number of nitrogens with one attached hydrogen (secondary N) is 1. The zero-order valence-electron chi connectivity index (χ0n) is 12.8. The Hall–Kier alpha value is -1.92. The highest BCUT2D eigenvalue weighted by Crippen LogP contribution is 2.34. The summed E-state index contributed by atoms with van der Waals surface area (Å²) >= 11 is 9.37. The highest BCUT2D eigenvalue weighted by Gasteiger charge is 2.17. The van der Waals surface area contributed by atoms with Gasteiger partial charge in [-0.05, 0) is 42.8 Å². The van der Waals surface area contributed by atoms with E-state index in [-0.39, 0.29) is 25.3 Å². The van der Waals surface area contributed by atoms with Crippen LogP contribution in [-0.4, -0.2) is 19.3 Å². The van der Waals surface area contributed by atoms with Gasteiger partial charge in [0.15, 0.2) is 18.1 Å². The molecule has 0 bridgehead atoms. The van der Waals surface area contributed by atoms with E-state index >= 15 is 0 Å². The number of fused-ring (bicyclic) bond motifs is 1. The summed E-state index contributed by atoms with van der Waals surface area (Å²) < 4.78 is 16.9. The molecular formula is C17H15BrClNO4. The summed E-state index contributed by atoms with van der Waals surface area (Å²) in [5.74, 6) is 1.63. The van der Waals surface area contributed by atoms with Gasteiger partial charge in [-0.25, -0.2) is 0 Å². The lowest BCUT2D eigenvalue weighted by Crippen LogP contribution is -2.31. The molecule has 0 saturated heterocycles. The first-order valence-electron chi connectivity index (χ1n) is 7.29. The maximum atomic E-state index is 12.1. The number of hydrogen-bond donors (Lipinski definition) is 1. The maximum Gasteiger partial charge on any atom is 0.258 e. The molecule has 0 radical (unpaired) electrons. The third-order valence-electron chi connectivity index (χ3n) is 3.53. The summed E-state index contributed by atoms with van der Waals surface area (Å²) in [6.07, 6.45) is 0. The van der Waals surface area contributed by atoms with E-state index < -0.39 is 0 Å². The molecule has 0 unspecified atom stereocenters. The Morgan fingerprint density at radius 2 is 2.08 bits per heavy atom. The Morgan fingerprint density at radius 3 is 2.88 bits per heavy atom. The molecule has 24 heavy (non-hydrogen) atoms. The van der Waals surface area contributed by atoms with Crippen molar-refractivity contribution in [1.29, 1.82) is 0 Å². The van der Waals surface area contributed by atoms with Gasteiger partial charge in [-0.3, -0.25) is 4.79 Å². The topological polar surface area (TPSA) is 56.8 Å². The molecule has 2 aromatic rings. The van der Waals surface area contributed by atoms with Crippen LogP contribution in [0.15, 0.2) is 40.9 Å². The molecule has 1 heterocycles. The first-order valence-corrected chi connectivity index (χ1v) is 8.47. The second-order valence-electron chi connectivity index (χ2n) is 5.27. The lowest BCUT2D eigenvalue weighted by Gasteiger charge is -2.15. The molecule has 1 atom stereocenters. The van der Waals surface area contributed by atoms with Crippen molar-refractivity contribution in [2.45, 2.75) is 13.0 Å². The van der Waals surface area contributed by atoms with Crippen LogP contribution in [0.3, 0.4) is 0 Å². The fraction of sp³-hybridized carbons (Fsp3) is 0.235. The van der Waals surface area contributed by atoms with Crippen LogP contribution >= 0.6 is 27.5 Å². The molecule has 7 heteroatoms. The summed E-state index contributed by atoms with van der Waals surface area (Å²) in [5, 5.41) is 3.32. The van der Waals surface area contributed by atoms with Gasteiger partial charge in [0.1, 0.15) is 5.75 Å². The van der Waals surface area contributed by atoms with Crippen LogP contribution in [0.25, 0.3) is 0 Å². The SMILES string of the molecule is C[C@@H](NC(=O)COc1ccc(Br)cc1Cl)c1ccc2c(c1)OCO2. The number of benzene rings is 2. The van der Waals surface area contributed by atoms with Crippen LogP contribution < -0.4 is 19.5 Å². The van der Waals surface area contributed by atoms with Crippen molar-refractivity contribution in [2.75, 3.05) is 13.4 Å². The van der Waals surface area contributed by atoms with E-state index in [0.717, 1.165) is 10.0 Å². The van der Waals surface area contributed by atoms with E-state index in [4.69, 9.17) is 25.8 Å². The summed E-state index contributed by atoms with van der Waals surface area (Å²) in [6.45, 7) is 2.00. The van der Waals surface area contributed by atoms with Crippen LogP contribution in [0.4, 0.5) is 0 Å². The maximum absolute atomic E-state index is 12.1. The second kappa shape index (κ2) is 7.32. The third-order valence-corrected chi connectivity index (χ3v) is 4.32. The summed E-state index contributed by atoms with van der Waals surface area (Å²) in [5.41, 5.74) is 0.925. The Labute approximate surface area is 153 Å². The summed E-state index contributed by atoms with van der Waals surface area (Å²) in [6, 6.07) is 10.6. The fourth-order valence-electron chi connectivity index (χ4n) is 2.28. The van der Waals surface area contributed by atoms with E-state index in [1.54, 1.807) is 18.2 Å². The van der Waals surface area contributed by atoms with Gasteiger partial charge in [-0.15, -0.1) is 0 Å². The van der Waals surface area contributed by atoms with Gasteiger partial charge in [-0.2, -0.15) is 0 Å². The Bertz CT molecular complexity index is 768. The number of amides is 1. The van der Waals surface area contributed by atoms with E-state index in [1.165, 1.54) is 0 Å². The molecule has 2 aromatic carbocycles. The van der Waals surface area contributed by atoms with Crippen molar-refractivity contribution in [2.24, 2.45) is 0 Å².